The number of anilines is 1. The number of esters is 1. The van der Waals surface area contributed by atoms with Crippen molar-refractivity contribution in [3.63, 3.8) is 0 Å². The minimum atomic E-state index is -3.54. The van der Waals surface area contributed by atoms with Gasteiger partial charge in [-0.25, -0.2) is 8.42 Å². The number of hydrogen-bond acceptors (Lipinski definition) is 5. The van der Waals surface area contributed by atoms with Crippen LogP contribution in [0, 0.1) is 5.92 Å². The second kappa shape index (κ2) is 7.36. The van der Waals surface area contributed by atoms with Gasteiger partial charge >= 0.3 is 5.97 Å². The van der Waals surface area contributed by atoms with Crippen molar-refractivity contribution in [1.29, 1.82) is 0 Å². The Bertz CT molecular complexity index is 790. The first-order valence-corrected chi connectivity index (χ1v) is 10.3. The summed E-state index contributed by atoms with van der Waals surface area (Å²) >= 11 is 0. The Hall–Kier alpha value is -1.93. The molecule has 2 fully saturated rings. The third kappa shape index (κ3) is 3.48. The van der Waals surface area contributed by atoms with Crippen molar-refractivity contribution in [3.8, 4) is 0 Å². The van der Waals surface area contributed by atoms with Crippen LogP contribution < -0.4 is 4.90 Å². The van der Waals surface area contributed by atoms with E-state index in [0.717, 1.165) is 19.3 Å². The van der Waals surface area contributed by atoms with Gasteiger partial charge < -0.3 is 9.64 Å². The summed E-state index contributed by atoms with van der Waals surface area (Å²) in [4.78, 5) is 25.5. The Labute approximate surface area is 154 Å². The Morgan fingerprint density at radius 3 is 2.50 bits per heavy atom. The zero-order valence-corrected chi connectivity index (χ0v) is 15.9. The number of sulfonamides is 1. The summed E-state index contributed by atoms with van der Waals surface area (Å²) in [6, 6.07) is 6.31. The monoisotopic (exact) mass is 380 g/mol. The molecule has 0 N–H and O–H groups in total. The van der Waals surface area contributed by atoms with Gasteiger partial charge in [-0.15, -0.1) is 0 Å². The number of carbonyl (C=O) groups is 2. The molecule has 1 aromatic rings. The molecule has 8 heteroatoms. The summed E-state index contributed by atoms with van der Waals surface area (Å²) < 4.78 is 32.0. The predicted octanol–water partition coefficient (Wildman–Crippen LogP) is 1.78. The summed E-state index contributed by atoms with van der Waals surface area (Å²) in [7, 11) is -2.24. The van der Waals surface area contributed by atoms with Gasteiger partial charge in [-0.2, -0.15) is 4.31 Å². The Kier molecular flexibility index (Phi) is 5.34. The first-order valence-electron chi connectivity index (χ1n) is 8.84. The van der Waals surface area contributed by atoms with Crippen molar-refractivity contribution in [2.24, 2.45) is 5.92 Å². The maximum Gasteiger partial charge on any atom is 0.311 e. The van der Waals surface area contributed by atoms with Crippen molar-refractivity contribution < 1.29 is 22.7 Å². The fourth-order valence-corrected chi connectivity index (χ4v) is 5.34. The molecule has 3 rings (SSSR count). The van der Waals surface area contributed by atoms with Crippen LogP contribution in [-0.4, -0.2) is 50.8 Å². The highest BCUT2D eigenvalue weighted by Gasteiger charge is 2.36. The number of piperidine rings is 1. The Morgan fingerprint density at radius 1 is 1.19 bits per heavy atom. The molecule has 0 aliphatic carbocycles. The number of carbonyl (C=O) groups excluding carboxylic acids is 2. The molecular formula is C18H24N2O5S. The number of benzene rings is 1. The molecule has 2 aliphatic rings. The summed E-state index contributed by atoms with van der Waals surface area (Å²) in [6.07, 6.45) is 2.90. The molecule has 2 saturated heterocycles. The quantitative estimate of drug-likeness (QED) is 0.744. The molecule has 7 nitrogen and oxygen atoms in total. The van der Waals surface area contributed by atoms with Crippen LogP contribution in [0.25, 0.3) is 0 Å². The molecule has 0 bridgehead atoms. The van der Waals surface area contributed by atoms with Crippen LogP contribution in [0.4, 0.5) is 5.69 Å². The molecule has 2 heterocycles. The number of nitrogens with zero attached hydrogens (tertiary/aromatic N) is 2. The molecule has 0 unspecified atom stereocenters. The third-order valence-electron chi connectivity index (χ3n) is 5.16. The van der Waals surface area contributed by atoms with Crippen molar-refractivity contribution in [2.45, 2.75) is 43.5 Å². The number of methoxy groups -OCH3 is 1. The van der Waals surface area contributed by atoms with E-state index in [1.807, 2.05) is 6.92 Å². The van der Waals surface area contributed by atoms with E-state index in [1.54, 1.807) is 16.4 Å². The van der Waals surface area contributed by atoms with Crippen molar-refractivity contribution in [2.75, 3.05) is 25.1 Å². The molecule has 2 aliphatic heterocycles. The van der Waals surface area contributed by atoms with Crippen LogP contribution in [0.2, 0.25) is 0 Å². The number of rotatable bonds is 4. The first kappa shape index (κ1) is 18.8. The van der Waals surface area contributed by atoms with Crippen LogP contribution >= 0.6 is 0 Å². The Balaban J connectivity index is 1.78. The van der Waals surface area contributed by atoms with Crippen molar-refractivity contribution in [1.82, 2.24) is 4.31 Å². The maximum atomic E-state index is 12.9. The number of hydrogen-bond donors (Lipinski definition) is 0. The minimum absolute atomic E-state index is 0.00518. The van der Waals surface area contributed by atoms with E-state index in [2.05, 4.69) is 0 Å². The van der Waals surface area contributed by atoms with Crippen LogP contribution in [0.3, 0.4) is 0 Å². The third-order valence-corrected chi connectivity index (χ3v) is 7.18. The molecule has 142 valence electrons. The lowest BCUT2D eigenvalue weighted by Crippen LogP contribution is -2.41. The summed E-state index contributed by atoms with van der Waals surface area (Å²) in [5.41, 5.74) is 0.590. The van der Waals surface area contributed by atoms with Crippen molar-refractivity contribution >= 4 is 27.6 Å². The van der Waals surface area contributed by atoms with E-state index in [-0.39, 0.29) is 29.8 Å². The topological polar surface area (TPSA) is 84.0 Å². The van der Waals surface area contributed by atoms with E-state index < -0.39 is 21.9 Å². The van der Waals surface area contributed by atoms with Crippen LogP contribution in [0.5, 0.6) is 0 Å². The van der Waals surface area contributed by atoms with Crippen LogP contribution in [0.1, 0.15) is 32.6 Å². The average molecular weight is 380 g/mol. The molecule has 2 atom stereocenters. The van der Waals surface area contributed by atoms with E-state index in [0.29, 0.717) is 12.2 Å². The van der Waals surface area contributed by atoms with Gasteiger partial charge in [0.1, 0.15) is 0 Å². The summed E-state index contributed by atoms with van der Waals surface area (Å²) in [5, 5.41) is 0. The molecular weight excluding hydrogens is 356 g/mol. The van der Waals surface area contributed by atoms with Crippen LogP contribution in [-0.2, 0) is 24.3 Å². The molecule has 0 aromatic heterocycles. The second-order valence-electron chi connectivity index (χ2n) is 6.88. The highest BCUT2D eigenvalue weighted by atomic mass is 32.2. The second-order valence-corrected chi connectivity index (χ2v) is 8.77. The van der Waals surface area contributed by atoms with Crippen molar-refractivity contribution in [3.05, 3.63) is 24.3 Å². The normalized spacial score (nSPS) is 24.7. The number of ether oxygens (including phenoxy) is 1. The highest BCUT2D eigenvalue weighted by Crippen LogP contribution is 2.29. The van der Waals surface area contributed by atoms with Gasteiger partial charge in [0.05, 0.1) is 17.9 Å². The van der Waals surface area contributed by atoms with E-state index in [4.69, 9.17) is 4.74 Å². The van der Waals surface area contributed by atoms with E-state index >= 15 is 0 Å². The summed E-state index contributed by atoms with van der Waals surface area (Å²) in [5.74, 6) is -1.05. The van der Waals surface area contributed by atoms with Gasteiger partial charge in [-0.3, -0.25) is 9.59 Å². The SMILES string of the molecule is COC(=O)[C@@H]1CC(=O)N(c2ccc(S(=O)(=O)N3CCCC[C@@H]3C)cc2)C1. The molecule has 0 saturated carbocycles. The van der Waals surface area contributed by atoms with Gasteiger partial charge in [0.25, 0.3) is 0 Å². The van der Waals surface area contributed by atoms with Gasteiger partial charge in [-0.05, 0) is 44.0 Å². The standard InChI is InChI=1S/C18H24N2O5S/c1-13-5-3-4-10-20(13)26(23,24)16-8-6-15(7-9-16)19-12-14(11-17(19)21)18(22)25-2/h6-9,13-14H,3-5,10-12H2,1-2H3/t13-,14+/m0/s1. The highest BCUT2D eigenvalue weighted by molar-refractivity contribution is 7.89. The largest absolute Gasteiger partial charge is 0.469 e. The molecule has 0 radical (unpaired) electrons. The van der Waals surface area contributed by atoms with E-state index in [9.17, 15) is 18.0 Å². The first-order chi connectivity index (χ1) is 12.3. The van der Waals surface area contributed by atoms with E-state index in [1.165, 1.54) is 24.1 Å². The van der Waals surface area contributed by atoms with Gasteiger partial charge in [0, 0.05) is 31.2 Å². The van der Waals surface area contributed by atoms with Gasteiger partial charge in [0.2, 0.25) is 15.9 Å². The van der Waals surface area contributed by atoms with Gasteiger partial charge in [0.15, 0.2) is 0 Å². The molecule has 26 heavy (non-hydrogen) atoms. The zero-order valence-electron chi connectivity index (χ0n) is 15.1. The zero-order chi connectivity index (χ0) is 18.9. The lowest BCUT2D eigenvalue weighted by Gasteiger charge is -2.32. The minimum Gasteiger partial charge on any atom is -0.469 e. The summed E-state index contributed by atoms with van der Waals surface area (Å²) in [6.45, 7) is 2.72. The number of amides is 1. The fraction of sp³-hybridized carbons (Fsp3) is 0.556. The lowest BCUT2D eigenvalue weighted by atomic mass is 10.1. The molecule has 1 aromatic carbocycles. The smallest absolute Gasteiger partial charge is 0.311 e. The van der Waals surface area contributed by atoms with Gasteiger partial charge in [-0.1, -0.05) is 6.42 Å². The fourth-order valence-electron chi connectivity index (χ4n) is 3.64. The maximum absolute atomic E-state index is 12.9. The predicted molar refractivity (Wildman–Crippen MR) is 96.1 cm³/mol. The average Bonchev–Trinajstić information content (AvgIpc) is 3.03. The lowest BCUT2D eigenvalue weighted by molar-refractivity contribution is -0.145. The van der Waals surface area contributed by atoms with Crippen LogP contribution in [0.15, 0.2) is 29.2 Å². The molecule has 1 amide bonds. The molecule has 0 spiro atoms. The Morgan fingerprint density at radius 2 is 1.88 bits per heavy atom.